The molecule has 0 aromatic carbocycles. The molecule has 0 aliphatic rings. The van der Waals surface area contributed by atoms with Gasteiger partial charge in [0, 0.05) is 0 Å². The molecular formula is C11H26. The fourth-order valence-corrected chi connectivity index (χ4v) is 0. The van der Waals surface area contributed by atoms with E-state index in [1.807, 2.05) is 48.5 Å². The first-order chi connectivity index (χ1) is 5.27. The monoisotopic (exact) mass is 158 g/mol. The predicted molar refractivity (Wildman–Crippen MR) is 59.1 cm³/mol. The number of allylic oxidation sites excluding steroid dienone is 2. The van der Waals surface area contributed by atoms with E-state index in [4.69, 9.17) is 0 Å². The Morgan fingerprint density at radius 2 is 1.00 bits per heavy atom. The smallest absolute Gasteiger partial charge is 0.0404 e. The molecule has 0 aromatic heterocycles. The maximum absolute atomic E-state index is 3.56. The van der Waals surface area contributed by atoms with Gasteiger partial charge in [0.05, 0.1) is 0 Å². The molecule has 0 heteroatoms. The third-order valence-corrected chi connectivity index (χ3v) is 0.348. The highest BCUT2D eigenvalue weighted by Crippen LogP contribution is 1.81. The molecule has 0 aromatic rings. The maximum atomic E-state index is 3.56. The van der Waals surface area contributed by atoms with Crippen molar-refractivity contribution in [3.63, 3.8) is 0 Å². The number of hydrogen-bond acceptors (Lipinski definition) is 0. The van der Waals surface area contributed by atoms with Gasteiger partial charge in [0.2, 0.25) is 0 Å². The number of hydrogen-bond donors (Lipinski definition) is 0. The summed E-state index contributed by atoms with van der Waals surface area (Å²) in [6, 6.07) is 0. The molecule has 0 amide bonds. The zero-order valence-corrected chi connectivity index (χ0v) is 9.49. The van der Waals surface area contributed by atoms with Crippen LogP contribution in [-0.4, -0.2) is 0 Å². The molecule has 0 radical (unpaired) electrons. The second-order valence-electron chi connectivity index (χ2n) is 1.05. The third-order valence-electron chi connectivity index (χ3n) is 0.348. The van der Waals surface area contributed by atoms with E-state index in [-0.39, 0.29) is 0 Å². The van der Waals surface area contributed by atoms with Crippen molar-refractivity contribution in [2.75, 3.05) is 0 Å². The summed E-state index contributed by atoms with van der Waals surface area (Å²) in [6.07, 6.45) is 1.72. The van der Waals surface area contributed by atoms with Gasteiger partial charge in [-0.1, -0.05) is 66.3 Å². The average Bonchev–Trinajstić information content (AvgIpc) is 2.15. The Labute approximate surface area is 74.0 Å². The second-order valence-corrected chi connectivity index (χ2v) is 1.05. The average molecular weight is 158 g/mol. The van der Waals surface area contributed by atoms with Crippen LogP contribution in [-0.2, 0) is 0 Å². The Hall–Kier alpha value is -0.520. The first-order valence-electron chi connectivity index (χ1n) is 4.55. The van der Waals surface area contributed by atoms with Crippen molar-refractivity contribution in [3.05, 3.63) is 24.8 Å². The van der Waals surface area contributed by atoms with Crippen molar-refractivity contribution in [2.45, 2.75) is 48.5 Å². The molecular weight excluding hydrogens is 132 g/mol. The van der Waals surface area contributed by atoms with E-state index in [9.17, 15) is 0 Å². The van der Waals surface area contributed by atoms with Crippen LogP contribution in [0.5, 0.6) is 0 Å². The van der Waals surface area contributed by atoms with E-state index in [1.165, 1.54) is 0 Å². The summed E-state index contributed by atoms with van der Waals surface area (Å²) in [5, 5.41) is 0. The molecule has 0 aliphatic heterocycles. The van der Waals surface area contributed by atoms with Crippen LogP contribution in [0, 0.1) is 0 Å². The lowest BCUT2D eigenvalue weighted by Crippen LogP contribution is -1.50. The van der Waals surface area contributed by atoms with Gasteiger partial charge in [-0.25, -0.2) is 0 Å². The van der Waals surface area contributed by atoms with E-state index < -0.39 is 0 Å². The van der Waals surface area contributed by atoms with Gasteiger partial charge in [-0.2, -0.15) is 0 Å². The highest BCUT2D eigenvalue weighted by Gasteiger charge is 1.59. The molecule has 0 N–H and O–H groups in total. The summed E-state index contributed by atoms with van der Waals surface area (Å²) in [6.45, 7) is 20.9. The van der Waals surface area contributed by atoms with Gasteiger partial charge in [0.1, 0.15) is 0 Å². The van der Waals surface area contributed by atoms with Crippen LogP contribution in [0.1, 0.15) is 48.5 Å². The Morgan fingerprint density at radius 1 is 0.909 bits per heavy atom. The van der Waals surface area contributed by atoms with Crippen molar-refractivity contribution in [3.8, 4) is 0 Å². The van der Waals surface area contributed by atoms with Crippen LogP contribution >= 0.6 is 0 Å². The van der Waals surface area contributed by atoms with Crippen LogP contribution in [0.3, 0.4) is 0 Å². The SMILES string of the molecule is C=CC(=C)C.CC.CC.CC. The highest BCUT2D eigenvalue weighted by atomic mass is 13.7. The molecule has 0 aliphatic carbocycles. The quantitative estimate of drug-likeness (QED) is 0.480. The minimum atomic E-state index is 1.02. The normalized spacial score (nSPS) is 4.64. The van der Waals surface area contributed by atoms with E-state index in [1.54, 1.807) is 6.08 Å². The van der Waals surface area contributed by atoms with Gasteiger partial charge in [-0.3, -0.25) is 0 Å². The van der Waals surface area contributed by atoms with Crippen molar-refractivity contribution < 1.29 is 0 Å². The van der Waals surface area contributed by atoms with Gasteiger partial charge in [-0.15, -0.1) is 0 Å². The summed E-state index contributed by atoms with van der Waals surface area (Å²) >= 11 is 0. The van der Waals surface area contributed by atoms with E-state index in [0.29, 0.717) is 0 Å². The lowest BCUT2D eigenvalue weighted by Gasteiger charge is -1.71. The standard InChI is InChI=1S/C5H8.3C2H6/c1-4-5(2)3;3*1-2/h4H,1-2H2,3H3;3*1-2H3. The van der Waals surface area contributed by atoms with Crippen molar-refractivity contribution in [1.29, 1.82) is 0 Å². The topological polar surface area (TPSA) is 0 Å². The zero-order valence-electron chi connectivity index (χ0n) is 9.49. The second kappa shape index (κ2) is 56.3. The van der Waals surface area contributed by atoms with Gasteiger partial charge < -0.3 is 0 Å². The Kier molecular flexibility index (Phi) is 115. The Balaban J connectivity index is -0.0000000350. The molecule has 70 valence electrons. The molecule has 0 saturated heterocycles. The van der Waals surface area contributed by atoms with E-state index in [0.717, 1.165) is 5.57 Å². The maximum Gasteiger partial charge on any atom is -0.0404 e. The van der Waals surface area contributed by atoms with Crippen molar-refractivity contribution >= 4 is 0 Å². The molecule has 11 heavy (non-hydrogen) atoms. The van der Waals surface area contributed by atoms with Crippen LogP contribution in [0.4, 0.5) is 0 Å². The fraction of sp³-hybridized carbons (Fsp3) is 0.636. The molecule has 0 spiro atoms. The molecule has 0 rings (SSSR count). The first-order valence-corrected chi connectivity index (χ1v) is 4.55. The first kappa shape index (κ1) is 22.4. The highest BCUT2D eigenvalue weighted by molar-refractivity contribution is 5.05. The molecule has 0 atom stereocenters. The molecule has 0 bridgehead atoms. The molecule has 0 unspecified atom stereocenters. The largest absolute Gasteiger partial charge is 0.0988 e. The Morgan fingerprint density at radius 3 is 1.00 bits per heavy atom. The predicted octanol–water partition coefficient (Wildman–Crippen LogP) is 4.83. The Bertz CT molecular complexity index is 51.1. The van der Waals surface area contributed by atoms with Gasteiger partial charge in [0.25, 0.3) is 0 Å². The summed E-state index contributed by atoms with van der Waals surface area (Å²) < 4.78 is 0. The van der Waals surface area contributed by atoms with Crippen molar-refractivity contribution in [1.82, 2.24) is 0 Å². The van der Waals surface area contributed by atoms with Crippen LogP contribution in [0.15, 0.2) is 24.8 Å². The molecule has 0 heterocycles. The van der Waals surface area contributed by atoms with E-state index in [2.05, 4.69) is 13.2 Å². The minimum Gasteiger partial charge on any atom is -0.0988 e. The fourth-order valence-electron chi connectivity index (χ4n) is 0. The van der Waals surface area contributed by atoms with Gasteiger partial charge in [-0.05, 0) is 6.92 Å². The van der Waals surface area contributed by atoms with Crippen molar-refractivity contribution in [2.24, 2.45) is 0 Å². The van der Waals surface area contributed by atoms with E-state index >= 15 is 0 Å². The molecule has 0 saturated carbocycles. The minimum absolute atomic E-state index is 1.02. The van der Waals surface area contributed by atoms with Crippen LogP contribution in [0.25, 0.3) is 0 Å². The lowest BCUT2D eigenvalue weighted by molar-refractivity contribution is 1.50. The molecule has 0 fully saturated rings. The van der Waals surface area contributed by atoms with Gasteiger partial charge in [0.15, 0.2) is 0 Å². The third kappa shape index (κ3) is 242. The molecule has 0 nitrogen and oxygen atoms in total. The zero-order chi connectivity index (χ0) is 10.3. The van der Waals surface area contributed by atoms with Crippen LogP contribution in [0.2, 0.25) is 0 Å². The summed E-state index contributed by atoms with van der Waals surface area (Å²) in [5.41, 5.74) is 1.02. The van der Waals surface area contributed by atoms with Crippen LogP contribution < -0.4 is 0 Å². The number of rotatable bonds is 1. The summed E-state index contributed by atoms with van der Waals surface area (Å²) in [7, 11) is 0. The summed E-state index contributed by atoms with van der Waals surface area (Å²) in [5.74, 6) is 0. The lowest BCUT2D eigenvalue weighted by atomic mass is 10.4. The summed E-state index contributed by atoms with van der Waals surface area (Å²) in [4.78, 5) is 0. The van der Waals surface area contributed by atoms with Gasteiger partial charge >= 0.3 is 0 Å².